The molecule has 20 heavy (non-hydrogen) atoms. The molecule has 3 rings (SSSR count). The molecule has 0 spiro atoms. The van der Waals surface area contributed by atoms with E-state index in [9.17, 15) is 5.11 Å². The Bertz CT molecular complexity index is 603. The lowest BCUT2D eigenvalue weighted by atomic mass is 9.87. The zero-order valence-electron chi connectivity index (χ0n) is 11.0. The molecular weight excluding hydrogens is 274 g/mol. The normalized spacial score (nSPS) is 19.0. The van der Waals surface area contributed by atoms with Crippen LogP contribution in [0, 0.1) is 0 Å². The molecule has 1 aromatic heterocycles. The highest BCUT2D eigenvalue weighted by atomic mass is 35.5. The minimum Gasteiger partial charge on any atom is -0.493 e. The number of aromatic nitrogens is 1. The fourth-order valence-corrected chi connectivity index (χ4v) is 2.93. The first-order valence-electron chi connectivity index (χ1n) is 6.76. The molecule has 2 unspecified atom stereocenters. The molecule has 1 aliphatic rings. The Labute approximate surface area is 123 Å². The first kappa shape index (κ1) is 13.4. The van der Waals surface area contributed by atoms with Crippen molar-refractivity contribution in [2.45, 2.75) is 24.9 Å². The number of para-hydroxylation sites is 1. The Kier molecular flexibility index (Phi) is 3.90. The minimum absolute atomic E-state index is 0.271. The molecule has 1 N–H and O–H groups in total. The van der Waals surface area contributed by atoms with Crippen molar-refractivity contribution in [2.75, 3.05) is 6.61 Å². The lowest BCUT2D eigenvalue weighted by Crippen LogP contribution is -2.17. The van der Waals surface area contributed by atoms with Crippen molar-refractivity contribution in [3.05, 3.63) is 58.9 Å². The molecule has 0 aliphatic carbocycles. The molecule has 1 aromatic carbocycles. The number of benzene rings is 1. The number of aliphatic hydroxyl groups is 1. The lowest BCUT2D eigenvalue weighted by molar-refractivity contribution is 0.141. The van der Waals surface area contributed by atoms with E-state index in [-0.39, 0.29) is 5.92 Å². The van der Waals surface area contributed by atoms with Crippen LogP contribution in [-0.2, 0) is 0 Å². The topological polar surface area (TPSA) is 42.4 Å². The van der Waals surface area contributed by atoms with Crippen LogP contribution in [0.2, 0.25) is 5.02 Å². The van der Waals surface area contributed by atoms with Crippen molar-refractivity contribution in [2.24, 2.45) is 0 Å². The van der Waals surface area contributed by atoms with Gasteiger partial charge in [-0.15, -0.1) is 0 Å². The highest BCUT2D eigenvalue weighted by molar-refractivity contribution is 6.31. The summed E-state index contributed by atoms with van der Waals surface area (Å²) in [6, 6.07) is 11.5. The summed E-state index contributed by atoms with van der Waals surface area (Å²) < 4.78 is 5.64. The van der Waals surface area contributed by atoms with E-state index in [0.717, 1.165) is 17.7 Å². The van der Waals surface area contributed by atoms with Crippen LogP contribution in [0.3, 0.4) is 0 Å². The largest absolute Gasteiger partial charge is 0.493 e. The number of ether oxygens (including phenoxy) is 1. The van der Waals surface area contributed by atoms with Gasteiger partial charge in [-0.25, -0.2) is 0 Å². The zero-order chi connectivity index (χ0) is 13.9. The molecule has 2 atom stereocenters. The Morgan fingerprint density at radius 1 is 1.30 bits per heavy atom. The Hall–Kier alpha value is -1.58. The lowest BCUT2D eigenvalue weighted by Gasteiger charge is -2.27. The Morgan fingerprint density at radius 2 is 2.15 bits per heavy atom. The van der Waals surface area contributed by atoms with Crippen LogP contribution in [0.5, 0.6) is 5.75 Å². The molecule has 0 amide bonds. The summed E-state index contributed by atoms with van der Waals surface area (Å²) in [5, 5.41) is 10.9. The fraction of sp³-hybridized carbons (Fsp3) is 0.312. The number of rotatable bonds is 3. The fourth-order valence-electron chi connectivity index (χ4n) is 2.68. The van der Waals surface area contributed by atoms with Crippen LogP contribution in [0.1, 0.15) is 36.1 Å². The molecule has 2 aromatic rings. The summed E-state index contributed by atoms with van der Waals surface area (Å²) in [6.07, 6.45) is 2.51. The van der Waals surface area contributed by atoms with Gasteiger partial charge >= 0.3 is 0 Å². The number of aliphatic hydroxyl groups excluding tert-OH is 1. The molecular formula is C16H16ClNO2. The average Bonchev–Trinajstić information content (AvgIpc) is 2.48. The second-order valence-corrected chi connectivity index (χ2v) is 5.40. The van der Waals surface area contributed by atoms with Crippen molar-refractivity contribution in [3.63, 3.8) is 0 Å². The zero-order valence-corrected chi connectivity index (χ0v) is 11.8. The number of hydrogen-bond acceptors (Lipinski definition) is 3. The highest BCUT2D eigenvalue weighted by Gasteiger charge is 2.25. The maximum absolute atomic E-state index is 10.4. The molecule has 0 fully saturated rings. The molecule has 104 valence electrons. The van der Waals surface area contributed by atoms with E-state index in [0.29, 0.717) is 23.7 Å². The number of hydrogen-bond donors (Lipinski definition) is 1. The summed E-state index contributed by atoms with van der Waals surface area (Å²) >= 11 is 6.09. The van der Waals surface area contributed by atoms with E-state index in [1.165, 1.54) is 0 Å². The minimum atomic E-state index is -0.653. The molecule has 0 saturated carbocycles. The predicted octanol–water partition coefficient (Wildman–Crippen LogP) is 3.72. The Balaban J connectivity index is 1.81. The van der Waals surface area contributed by atoms with Gasteiger partial charge in [-0.1, -0.05) is 29.8 Å². The second-order valence-electron chi connectivity index (χ2n) is 4.99. The van der Waals surface area contributed by atoms with E-state index in [1.807, 2.05) is 18.2 Å². The SMILES string of the molecule is OC(CC1CCOc2ccccc21)c1ncccc1Cl. The maximum Gasteiger partial charge on any atom is 0.122 e. The molecule has 1 aliphatic heterocycles. The maximum atomic E-state index is 10.4. The molecule has 2 heterocycles. The predicted molar refractivity (Wildman–Crippen MR) is 78.1 cm³/mol. The third-order valence-electron chi connectivity index (χ3n) is 3.69. The Morgan fingerprint density at radius 3 is 3.00 bits per heavy atom. The molecule has 0 radical (unpaired) electrons. The smallest absolute Gasteiger partial charge is 0.122 e. The number of fused-ring (bicyclic) bond motifs is 1. The molecule has 3 nitrogen and oxygen atoms in total. The van der Waals surface area contributed by atoms with Crippen molar-refractivity contribution >= 4 is 11.6 Å². The summed E-state index contributed by atoms with van der Waals surface area (Å²) in [6.45, 7) is 0.685. The van der Waals surface area contributed by atoms with Gasteiger partial charge < -0.3 is 9.84 Å². The van der Waals surface area contributed by atoms with Gasteiger partial charge in [-0.2, -0.15) is 0 Å². The van der Waals surface area contributed by atoms with Gasteiger partial charge in [-0.05, 0) is 42.5 Å². The quantitative estimate of drug-likeness (QED) is 0.936. The van der Waals surface area contributed by atoms with Gasteiger partial charge in [0.25, 0.3) is 0 Å². The van der Waals surface area contributed by atoms with E-state index in [1.54, 1.807) is 18.3 Å². The van der Waals surface area contributed by atoms with Crippen LogP contribution in [0.25, 0.3) is 0 Å². The molecule has 0 bridgehead atoms. The summed E-state index contributed by atoms with van der Waals surface area (Å²) in [5.74, 6) is 1.19. The second kappa shape index (κ2) is 5.81. The van der Waals surface area contributed by atoms with Gasteiger partial charge in [0.1, 0.15) is 5.75 Å². The van der Waals surface area contributed by atoms with E-state index in [2.05, 4.69) is 11.1 Å². The van der Waals surface area contributed by atoms with Gasteiger partial charge in [0, 0.05) is 6.20 Å². The third-order valence-corrected chi connectivity index (χ3v) is 4.01. The van der Waals surface area contributed by atoms with Gasteiger partial charge in [-0.3, -0.25) is 4.98 Å². The third kappa shape index (κ3) is 2.65. The van der Waals surface area contributed by atoms with Crippen molar-refractivity contribution in [3.8, 4) is 5.75 Å². The standard InChI is InChI=1S/C16H16ClNO2/c17-13-5-3-8-18-16(13)14(19)10-11-7-9-20-15-6-2-1-4-12(11)15/h1-6,8,11,14,19H,7,9-10H2. The number of pyridine rings is 1. The van der Waals surface area contributed by atoms with Crippen molar-refractivity contribution < 1.29 is 9.84 Å². The van der Waals surface area contributed by atoms with Crippen LogP contribution in [0.15, 0.2) is 42.6 Å². The van der Waals surface area contributed by atoms with Crippen LogP contribution < -0.4 is 4.74 Å². The first-order valence-corrected chi connectivity index (χ1v) is 7.13. The summed E-state index contributed by atoms with van der Waals surface area (Å²) in [4.78, 5) is 4.19. The summed E-state index contributed by atoms with van der Waals surface area (Å²) in [5.41, 5.74) is 1.71. The first-order chi connectivity index (χ1) is 9.75. The van der Waals surface area contributed by atoms with Crippen LogP contribution >= 0.6 is 11.6 Å². The van der Waals surface area contributed by atoms with Gasteiger partial charge in [0.05, 0.1) is 23.4 Å². The van der Waals surface area contributed by atoms with Crippen LogP contribution in [-0.4, -0.2) is 16.7 Å². The number of halogens is 1. The number of nitrogens with zero attached hydrogens (tertiary/aromatic N) is 1. The van der Waals surface area contributed by atoms with Crippen molar-refractivity contribution in [1.29, 1.82) is 0 Å². The molecule has 0 saturated heterocycles. The van der Waals surface area contributed by atoms with Crippen LogP contribution in [0.4, 0.5) is 0 Å². The highest BCUT2D eigenvalue weighted by Crippen LogP contribution is 2.39. The van der Waals surface area contributed by atoms with Gasteiger partial charge in [0.15, 0.2) is 0 Å². The van der Waals surface area contributed by atoms with Gasteiger partial charge in [0.2, 0.25) is 0 Å². The van der Waals surface area contributed by atoms with Crippen molar-refractivity contribution in [1.82, 2.24) is 4.98 Å². The average molecular weight is 290 g/mol. The monoisotopic (exact) mass is 289 g/mol. The molecule has 4 heteroatoms. The van der Waals surface area contributed by atoms with E-state index < -0.39 is 6.10 Å². The van der Waals surface area contributed by atoms with E-state index in [4.69, 9.17) is 16.3 Å². The van der Waals surface area contributed by atoms with E-state index >= 15 is 0 Å². The summed E-state index contributed by atoms with van der Waals surface area (Å²) in [7, 11) is 0.